The summed E-state index contributed by atoms with van der Waals surface area (Å²) in [6, 6.07) is 16.1. The highest BCUT2D eigenvalue weighted by Crippen LogP contribution is 2.27. The third-order valence-corrected chi connectivity index (χ3v) is 5.61. The smallest absolute Gasteiger partial charge is 0.311 e. The molecule has 3 rings (SSSR count). The van der Waals surface area contributed by atoms with Gasteiger partial charge in [0.25, 0.3) is 0 Å². The van der Waals surface area contributed by atoms with Gasteiger partial charge in [-0.1, -0.05) is 36.4 Å². The van der Waals surface area contributed by atoms with Gasteiger partial charge in [0, 0.05) is 19.6 Å². The van der Waals surface area contributed by atoms with E-state index < -0.39 is 11.8 Å². The Morgan fingerprint density at radius 1 is 0.967 bits per heavy atom. The predicted octanol–water partition coefficient (Wildman–Crippen LogP) is 2.84. The fraction of sp³-hybridized carbons (Fsp3) is 0.417. The molecule has 0 atom stereocenters. The molecule has 2 aromatic carbocycles. The van der Waals surface area contributed by atoms with Crippen molar-refractivity contribution in [3.05, 3.63) is 59.7 Å². The van der Waals surface area contributed by atoms with E-state index in [1.165, 1.54) is 5.56 Å². The van der Waals surface area contributed by atoms with Crippen molar-refractivity contribution in [2.45, 2.75) is 25.7 Å². The van der Waals surface area contributed by atoms with Gasteiger partial charge in [0.05, 0.1) is 14.2 Å². The minimum Gasteiger partial charge on any atom is -0.493 e. The average Bonchev–Trinajstić information content (AvgIpc) is 2.79. The number of ether oxygens (including phenoxy) is 2. The Kier molecular flexibility index (Phi) is 7.71. The predicted molar refractivity (Wildman–Crippen MR) is 116 cm³/mol. The molecule has 6 heteroatoms. The van der Waals surface area contributed by atoms with Crippen LogP contribution >= 0.6 is 0 Å². The summed E-state index contributed by atoms with van der Waals surface area (Å²) in [5, 5.41) is 2.74. The summed E-state index contributed by atoms with van der Waals surface area (Å²) in [6.45, 7) is 1.67. The molecule has 0 bridgehead atoms. The van der Waals surface area contributed by atoms with E-state index in [9.17, 15) is 9.59 Å². The van der Waals surface area contributed by atoms with Crippen molar-refractivity contribution in [3.8, 4) is 11.5 Å². The van der Waals surface area contributed by atoms with Gasteiger partial charge in [-0.3, -0.25) is 9.59 Å². The number of piperidine rings is 1. The molecule has 1 N–H and O–H groups in total. The second-order valence-corrected chi connectivity index (χ2v) is 7.62. The van der Waals surface area contributed by atoms with E-state index in [0.717, 1.165) is 24.8 Å². The third-order valence-electron chi connectivity index (χ3n) is 5.61. The molecule has 1 fully saturated rings. The Morgan fingerprint density at radius 2 is 1.67 bits per heavy atom. The van der Waals surface area contributed by atoms with Crippen molar-refractivity contribution in [3.63, 3.8) is 0 Å². The maximum atomic E-state index is 12.5. The molecule has 2 amide bonds. The van der Waals surface area contributed by atoms with Gasteiger partial charge >= 0.3 is 11.8 Å². The maximum absolute atomic E-state index is 12.5. The zero-order valence-electron chi connectivity index (χ0n) is 17.7. The summed E-state index contributed by atoms with van der Waals surface area (Å²) in [6.07, 6.45) is 3.50. The second kappa shape index (κ2) is 10.7. The number of nitrogens with one attached hydrogen (secondary N) is 1. The van der Waals surface area contributed by atoms with Crippen LogP contribution in [0.3, 0.4) is 0 Å². The van der Waals surface area contributed by atoms with Gasteiger partial charge in [0.2, 0.25) is 0 Å². The highest BCUT2D eigenvalue weighted by Gasteiger charge is 2.26. The van der Waals surface area contributed by atoms with Crippen molar-refractivity contribution in [2.75, 3.05) is 33.9 Å². The molecule has 0 aromatic heterocycles. The molecule has 1 saturated heterocycles. The lowest BCUT2D eigenvalue weighted by Gasteiger charge is -2.31. The minimum absolute atomic E-state index is 0.393. The number of carbonyl (C=O) groups is 2. The number of methoxy groups -OCH3 is 2. The fourth-order valence-electron chi connectivity index (χ4n) is 3.86. The van der Waals surface area contributed by atoms with Crippen LogP contribution in [0, 0.1) is 5.92 Å². The number of benzene rings is 2. The molecule has 0 unspecified atom stereocenters. The first-order valence-corrected chi connectivity index (χ1v) is 10.4. The molecular weight excluding hydrogens is 380 g/mol. The standard InChI is InChI=1S/C24H30N2O4/c1-29-21-9-8-19(17-22(21)30-2)10-13-25-23(27)24(28)26-14-11-20(12-15-26)16-18-6-4-3-5-7-18/h3-9,17,20H,10-16H2,1-2H3,(H,25,27). The Hall–Kier alpha value is -3.02. The van der Waals surface area contributed by atoms with Crippen molar-refractivity contribution < 1.29 is 19.1 Å². The molecule has 0 radical (unpaired) electrons. The number of nitrogens with zero attached hydrogens (tertiary/aromatic N) is 1. The summed E-state index contributed by atoms with van der Waals surface area (Å²) in [5.41, 5.74) is 2.33. The quantitative estimate of drug-likeness (QED) is 0.713. The first-order valence-electron chi connectivity index (χ1n) is 10.4. The molecular formula is C24H30N2O4. The van der Waals surface area contributed by atoms with Crippen LogP contribution in [0.2, 0.25) is 0 Å². The average molecular weight is 411 g/mol. The van der Waals surface area contributed by atoms with Crippen LogP contribution in [0.25, 0.3) is 0 Å². The first kappa shape index (κ1) is 21.7. The largest absolute Gasteiger partial charge is 0.493 e. The summed E-state index contributed by atoms with van der Waals surface area (Å²) in [7, 11) is 3.18. The van der Waals surface area contributed by atoms with Gasteiger partial charge in [-0.25, -0.2) is 0 Å². The number of hydrogen-bond donors (Lipinski definition) is 1. The first-order chi connectivity index (χ1) is 14.6. The highest BCUT2D eigenvalue weighted by atomic mass is 16.5. The Labute approximate surface area is 178 Å². The SMILES string of the molecule is COc1ccc(CCNC(=O)C(=O)N2CCC(Cc3ccccc3)CC2)cc1OC. The van der Waals surface area contributed by atoms with E-state index in [4.69, 9.17) is 9.47 Å². The molecule has 1 aliphatic rings. The minimum atomic E-state index is -0.531. The molecule has 30 heavy (non-hydrogen) atoms. The molecule has 0 saturated carbocycles. The zero-order chi connectivity index (χ0) is 21.3. The Balaban J connectivity index is 1.41. The normalized spacial score (nSPS) is 14.3. The number of carbonyl (C=O) groups excluding carboxylic acids is 2. The van der Waals surface area contributed by atoms with E-state index >= 15 is 0 Å². The van der Waals surface area contributed by atoms with E-state index in [1.807, 2.05) is 24.3 Å². The number of rotatable bonds is 7. The van der Waals surface area contributed by atoms with Crippen LogP contribution in [0.15, 0.2) is 48.5 Å². The molecule has 1 heterocycles. The van der Waals surface area contributed by atoms with Crippen LogP contribution in [-0.4, -0.2) is 50.6 Å². The summed E-state index contributed by atoms with van der Waals surface area (Å²) < 4.78 is 10.5. The Morgan fingerprint density at radius 3 is 2.33 bits per heavy atom. The zero-order valence-corrected chi connectivity index (χ0v) is 17.7. The summed E-state index contributed by atoms with van der Waals surface area (Å²) >= 11 is 0. The lowest BCUT2D eigenvalue weighted by atomic mass is 9.90. The van der Waals surface area contributed by atoms with Gasteiger partial charge in [-0.15, -0.1) is 0 Å². The lowest BCUT2D eigenvalue weighted by molar-refractivity contribution is -0.146. The monoisotopic (exact) mass is 410 g/mol. The van der Waals surface area contributed by atoms with E-state index in [1.54, 1.807) is 19.1 Å². The maximum Gasteiger partial charge on any atom is 0.311 e. The third kappa shape index (κ3) is 5.75. The topological polar surface area (TPSA) is 67.9 Å². The summed E-state index contributed by atoms with van der Waals surface area (Å²) in [5.74, 6) is 0.911. The van der Waals surface area contributed by atoms with Gasteiger partial charge in [0.1, 0.15) is 0 Å². The Bertz CT molecular complexity index is 846. The number of hydrogen-bond acceptors (Lipinski definition) is 4. The van der Waals surface area contributed by atoms with Crippen molar-refractivity contribution >= 4 is 11.8 Å². The molecule has 2 aromatic rings. The lowest BCUT2D eigenvalue weighted by Crippen LogP contribution is -2.47. The van der Waals surface area contributed by atoms with E-state index in [2.05, 4.69) is 29.6 Å². The van der Waals surface area contributed by atoms with Crippen LogP contribution in [0.1, 0.15) is 24.0 Å². The van der Waals surface area contributed by atoms with Gasteiger partial charge in [0.15, 0.2) is 11.5 Å². The number of likely N-dealkylation sites (tertiary alicyclic amines) is 1. The van der Waals surface area contributed by atoms with Crippen LogP contribution in [0.4, 0.5) is 0 Å². The van der Waals surface area contributed by atoms with Crippen molar-refractivity contribution in [1.29, 1.82) is 0 Å². The molecule has 1 aliphatic heterocycles. The molecule has 0 spiro atoms. The second-order valence-electron chi connectivity index (χ2n) is 7.62. The van der Waals surface area contributed by atoms with E-state index in [0.29, 0.717) is 43.5 Å². The van der Waals surface area contributed by atoms with Gasteiger partial charge in [-0.05, 0) is 54.9 Å². The fourth-order valence-corrected chi connectivity index (χ4v) is 3.86. The van der Waals surface area contributed by atoms with Gasteiger partial charge in [-0.2, -0.15) is 0 Å². The molecule has 6 nitrogen and oxygen atoms in total. The summed E-state index contributed by atoms with van der Waals surface area (Å²) in [4.78, 5) is 26.4. The van der Waals surface area contributed by atoms with E-state index in [-0.39, 0.29) is 0 Å². The van der Waals surface area contributed by atoms with Crippen molar-refractivity contribution in [1.82, 2.24) is 10.2 Å². The van der Waals surface area contributed by atoms with Crippen LogP contribution in [-0.2, 0) is 22.4 Å². The van der Waals surface area contributed by atoms with Crippen molar-refractivity contribution in [2.24, 2.45) is 5.92 Å². The number of amides is 2. The molecule has 0 aliphatic carbocycles. The van der Waals surface area contributed by atoms with Crippen LogP contribution in [0.5, 0.6) is 11.5 Å². The van der Waals surface area contributed by atoms with Gasteiger partial charge < -0.3 is 19.7 Å². The molecule has 160 valence electrons. The van der Waals surface area contributed by atoms with Crippen LogP contribution < -0.4 is 14.8 Å². The highest BCUT2D eigenvalue weighted by molar-refractivity contribution is 6.35.